The summed E-state index contributed by atoms with van der Waals surface area (Å²) in [7, 11) is -5.83. The smallest absolute Gasteiger partial charge is 0.394 e. The van der Waals surface area contributed by atoms with E-state index >= 15 is 0 Å². The quantitative estimate of drug-likeness (QED) is 0.0901. The van der Waals surface area contributed by atoms with Gasteiger partial charge in [-0.15, -0.1) is 0 Å². The molecule has 0 radical (unpaired) electrons. The zero-order valence-corrected chi connectivity index (χ0v) is 16.3. The molecule has 1 aliphatic heterocycles. The highest BCUT2D eigenvalue weighted by Crippen LogP contribution is 2.30. The first-order valence-electron chi connectivity index (χ1n) is 7.55. The predicted molar refractivity (Wildman–Crippen MR) is 94.2 cm³/mol. The zero-order chi connectivity index (χ0) is 19.9. The summed E-state index contributed by atoms with van der Waals surface area (Å²) in [5.74, 6) is 0.428. The van der Waals surface area contributed by atoms with Gasteiger partial charge in [0.2, 0.25) is 0 Å². The molecule has 11 nitrogen and oxygen atoms in total. The van der Waals surface area contributed by atoms with Crippen LogP contribution in [0.5, 0.6) is 0 Å². The Hall–Kier alpha value is -0.320. The first-order chi connectivity index (χ1) is 12.0. The summed E-state index contributed by atoms with van der Waals surface area (Å²) < 4.78 is 50.4. The number of aliphatic hydroxyl groups is 4. The van der Waals surface area contributed by atoms with E-state index in [9.17, 15) is 27.9 Å². The number of hydrogen-bond acceptors (Lipinski definition) is 11. The van der Waals surface area contributed by atoms with E-state index in [4.69, 9.17) is 14.4 Å². The van der Waals surface area contributed by atoms with Gasteiger partial charge < -0.3 is 25.2 Å². The number of unbranched alkanes of at least 4 members (excludes halogenated alkanes) is 1. The Kier molecular flexibility index (Phi) is 9.92. The van der Waals surface area contributed by atoms with Gasteiger partial charge in [-0.25, -0.2) is 4.28 Å². The molecule has 6 atom stereocenters. The molecule has 0 aromatic heterocycles. The van der Waals surface area contributed by atoms with Crippen LogP contribution in [0, 0.1) is 0 Å². The van der Waals surface area contributed by atoms with Gasteiger partial charge in [-0.1, -0.05) is 16.9 Å². The van der Waals surface area contributed by atoms with Crippen LogP contribution in [-0.4, -0.2) is 91.1 Å². The summed E-state index contributed by atoms with van der Waals surface area (Å²) in [6.45, 7) is -0.613. The summed E-state index contributed by atoms with van der Waals surface area (Å²) in [6, 6.07) is 0. The van der Waals surface area contributed by atoms with Crippen molar-refractivity contribution in [3.8, 4) is 0 Å². The second kappa shape index (κ2) is 10.9. The van der Waals surface area contributed by atoms with Gasteiger partial charge in [0.25, 0.3) is 0 Å². The Labute approximate surface area is 157 Å². The molecule has 0 spiro atoms. The molecule has 0 saturated carbocycles. The van der Waals surface area contributed by atoms with Crippen LogP contribution in [0.25, 0.3) is 0 Å². The topological polar surface area (TPSA) is 183 Å². The predicted octanol–water partition coefficient (Wildman–Crippen LogP) is -1.80. The maximum atomic E-state index is 11.1. The molecule has 1 aliphatic rings. The minimum absolute atomic E-state index is 0.0221. The average Bonchev–Trinajstić information content (AvgIpc) is 2.55. The normalized spacial score (nSPS) is 31.6. The molecule has 1 heterocycles. The van der Waals surface area contributed by atoms with Gasteiger partial charge in [0.15, 0.2) is 0 Å². The number of oxime groups is 1. The van der Waals surface area contributed by atoms with Crippen molar-refractivity contribution in [2.24, 2.45) is 5.16 Å². The number of rotatable bonds is 9. The molecule has 0 aliphatic carbocycles. The van der Waals surface area contributed by atoms with E-state index < -0.39 is 57.7 Å². The van der Waals surface area contributed by atoms with E-state index in [0.29, 0.717) is 18.6 Å². The summed E-state index contributed by atoms with van der Waals surface area (Å²) in [5.41, 5.74) is -1.17. The molecule has 0 bridgehead atoms. The van der Waals surface area contributed by atoms with Crippen molar-refractivity contribution in [2.75, 3.05) is 18.6 Å². The van der Waals surface area contributed by atoms with Gasteiger partial charge in [-0.3, -0.25) is 8.76 Å². The highest BCUT2D eigenvalue weighted by molar-refractivity contribution is 8.14. The van der Waals surface area contributed by atoms with Gasteiger partial charge in [-0.05, 0) is 19.3 Å². The van der Waals surface area contributed by atoms with Crippen LogP contribution in [0.2, 0.25) is 0 Å². The lowest BCUT2D eigenvalue weighted by atomic mass is 10.0. The van der Waals surface area contributed by atoms with Crippen LogP contribution in [0.1, 0.15) is 19.3 Å². The van der Waals surface area contributed by atoms with E-state index in [1.54, 1.807) is 6.26 Å². The van der Waals surface area contributed by atoms with Gasteiger partial charge in [0.1, 0.15) is 34.9 Å². The standard InChI is InChI=1S/C12H23NO10S3/c1-25(18)5-3-2-4-8(13-23-26(19,20)21)24-12-11(17)10(16)9(15)7(6-14)22-12/h7,9-12,14-17H,2-6H2,1H3,(H,19,20,21)/b13-8+/t7-,9+,10+,11+,12+,25-/m0/s1. The molecular weight excluding hydrogens is 414 g/mol. The third-order valence-electron chi connectivity index (χ3n) is 3.41. The Balaban J connectivity index is 2.80. The third-order valence-corrected chi connectivity index (χ3v) is 5.71. The molecule has 0 aromatic rings. The molecular formula is C12H23NO10S3. The van der Waals surface area contributed by atoms with Crippen LogP contribution in [-0.2, 0) is 30.2 Å². The lowest BCUT2D eigenvalue weighted by Gasteiger charge is -2.39. The Morgan fingerprint density at radius 2 is 1.88 bits per heavy atom. The summed E-state index contributed by atoms with van der Waals surface area (Å²) in [5, 5.41) is 42.0. The molecule has 0 amide bonds. The zero-order valence-electron chi connectivity index (χ0n) is 13.9. The van der Waals surface area contributed by atoms with Crippen molar-refractivity contribution in [3.05, 3.63) is 0 Å². The van der Waals surface area contributed by atoms with Gasteiger partial charge in [0, 0.05) is 22.8 Å². The molecule has 0 aromatic carbocycles. The molecule has 1 saturated heterocycles. The molecule has 1 fully saturated rings. The Morgan fingerprint density at radius 1 is 1.23 bits per heavy atom. The van der Waals surface area contributed by atoms with Crippen LogP contribution in [0.3, 0.4) is 0 Å². The highest BCUT2D eigenvalue weighted by atomic mass is 32.3. The third kappa shape index (κ3) is 8.14. The minimum atomic E-state index is -4.83. The highest BCUT2D eigenvalue weighted by Gasteiger charge is 2.44. The second-order valence-electron chi connectivity index (χ2n) is 5.54. The van der Waals surface area contributed by atoms with Crippen LogP contribution >= 0.6 is 11.8 Å². The molecule has 1 rings (SSSR count). The Morgan fingerprint density at radius 3 is 2.42 bits per heavy atom. The van der Waals surface area contributed by atoms with Crippen molar-refractivity contribution in [2.45, 2.75) is 49.1 Å². The van der Waals surface area contributed by atoms with Crippen LogP contribution < -0.4 is 0 Å². The van der Waals surface area contributed by atoms with Crippen LogP contribution in [0.4, 0.5) is 0 Å². The van der Waals surface area contributed by atoms with Gasteiger partial charge >= 0.3 is 10.4 Å². The number of hydrogen-bond donors (Lipinski definition) is 5. The fraction of sp³-hybridized carbons (Fsp3) is 0.917. The molecule has 154 valence electrons. The monoisotopic (exact) mass is 437 g/mol. The number of aliphatic hydroxyl groups excluding tert-OH is 4. The molecule has 5 N–H and O–H groups in total. The van der Waals surface area contributed by atoms with Crippen molar-refractivity contribution in [3.63, 3.8) is 0 Å². The lowest BCUT2D eigenvalue weighted by Crippen LogP contribution is -2.57. The van der Waals surface area contributed by atoms with E-state index in [1.165, 1.54) is 0 Å². The fourth-order valence-corrected chi connectivity index (χ4v) is 4.05. The van der Waals surface area contributed by atoms with Crippen molar-refractivity contribution in [1.82, 2.24) is 0 Å². The average molecular weight is 438 g/mol. The number of nitrogens with zero attached hydrogens (tertiary/aromatic N) is 1. The SMILES string of the molecule is C[S@](=O)CCCC/C(=N\OS(=O)(=O)O)S[C@H]1O[C@@H](CO)[C@@H](O)[C@@H](O)[C@H]1O. The molecule has 26 heavy (non-hydrogen) atoms. The van der Waals surface area contributed by atoms with Crippen molar-refractivity contribution in [1.29, 1.82) is 0 Å². The van der Waals surface area contributed by atoms with E-state index in [-0.39, 0.29) is 11.5 Å². The van der Waals surface area contributed by atoms with E-state index in [1.807, 2.05) is 0 Å². The van der Waals surface area contributed by atoms with E-state index in [0.717, 1.165) is 11.8 Å². The molecule has 0 unspecified atom stereocenters. The molecule has 14 heteroatoms. The lowest BCUT2D eigenvalue weighted by molar-refractivity contribution is -0.205. The summed E-state index contributed by atoms with van der Waals surface area (Å²) >= 11 is 0.717. The maximum absolute atomic E-state index is 11.1. The van der Waals surface area contributed by atoms with Gasteiger partial charge in [-0.2, -0.15) is 8.42 Å². The maximum Gasteiger partial charge on any atom is 0.466 e. The summed E-state index contributed by atoms with van der Waals surface area (Å²) in [6.07, 6.45) is -3.09. The number of thioether (sulfide) groups is 1. The summed E-state index contributed by atoms with van der Waals surface area (Å²) in [4.78, 5) is 0. The first-order valence-corrected chi connectivity index (χ1v) is 11.5. The van der Waals surface area contributed by atoms with Gasteiger partial charge in [0.05, 0.1) is 6.61 Å². The Bertz CT molecular complexity index is 596. The van der Waals surface area contributed by atoms with Crippen molar-refractivity contribution >= 4 is 38.0 Å². The minimum Gasteiger partial charge on any atom is -0.394 e. The van der Waals surface area contributed by atoms with E-state index in [2.05, 4.69) is 9.44 Å². The fourth-order valence-electron chi connectivity index (χ4n) is 2.10. The van der Waals surface area contributed by atoms with Crippen molar-refractivity contribution < 1.29 is 46.6 Å². The first kappa shape index (κ1) is 23.7. The largest absolute Gasteiger partial charge is 0.466 e. The van der Waals surface area contributed by atoms with Crippen LogP contribution in [0.15, 0.2) is 5.16 Å². The second-order valence-corrected chi connectivity index (χ2v) is 9.27. The number of ether oxygens (including phenoxy) is 1.